The number of nitrogens with zero attached hydrogens (tertiary/aromatic N) is 5. The average Bonchev–Trinajstić information content (AvgIpc) is 3.08. The number of aryl methyl sites for hydroxylation is 1. The van der Waals surface area contributed by atoms with Crippen molar-refractivity contribution in [1.29, 1.82) is 0 Å². The van der Waals surface area contributed by atoms with Crippen LogP contribution in [0, 0.1) is 12.7 Å². The molecular formula is C13H10F4N6. The van der Waals surface area contributed by atoms with Crippen molar-refractivity contribution in [2.45, 2.75) is 19.6 Å². The molecule has 10 heteroatoms. The fourth-order valence-corrected chi connectivity index (χ4v) is 2.01. The first kappa shape index (κ1) is 15.1. The standard InChI is InChI=1S/C13H10F4N6/c1-7-18-12(21-19-7)6-23-5-11(20-22-23)8-2-3-10(14)9(4-8)13(15,16)17/h2-5H,6H2,1H3,(H,18,19,21). The van der Waals surface area contributed by atoms with Crippen LogP contribution in [0.5, 0.6) is 0 Å². The van der Waals surface area contributed by atoms with Crippen molar-refractivity contribution in [3.8, 4) is 11.3 Å². The quantitative estimate of drug-likeness (QED) is 0.751. The summed E-state index contributed by atoms with van der Waals surface area (Å²) in [4.78, 5) is 4.09. The monoisotopic (exact) mass is 326 g/mol. The van der Waals surface area contributed by atoms with Crippen molar-refractivity contribution in [2.75, 3.05) is 0 Å². The highest BCUT2D eigenvalue weighted by Gasteiger charge is 2.34. The van der Waals surface area contributed by atoms with Crippen molar-refractivity contribution in [2.24, 2.45) is 0 Å². The van der Waals surface area contributed by atoms with Crippen molar-refractivity contribution < 1.29 is 17.6 Å². The molecular weight excluding hydrogens is 316 g/mol. The lowest BCUT2D eigenvalue weighted by Crippen LogP contribution is -2.08. The highest BCUT2D eigenvalue weighted by Crippen LogP contribution is 2.33. The predicted octanol–water partition coefficient (Wildman–Crippen LogP) is 2.58. The van der Waals surface area contributed by atoms with Crippen LogP contribution < -0.4 is 0 Å². The van der Waals surface area contributed by atoms with Gasteiger partial charge in [-0.05, 0) is 25.1 Å². The molecule has 0 unspecified atom stereocenters. The second-order valence-corrected chi connectivity index (χ2v) is 4.83. The van der Waals surface area contributed by atoms with Gasteiger partial charge in [-0.3, -0.25) is 5.10 Å². The summed E-state index contributed by atoms with van der Waals surface area (Å²) in [5, 5.41) is 14.2. The Kier molecular flexibility index (Phi) is 3.58. The zero-order valence-corrected chi connectivity index (χ0v) is 11.8. The van der Waals surface area contributed by atoms with Gasteiger partial charge in [0, 0.05) is 5.56 Å². The van der Waals surface area contributed by atoms with E-state index in [1.165, 1.54) is 16.9 Å². The molecule has 0 saturated carbocycles. The van der Waals surface area contributed by atoms with Gasteiger partial charge in [0.2, 0.25) is 0 Å². The average molecular weight is 326 g/mol. The summed E-state index contributed by atoms with van der Waals surface area (Å²) in [6, 6.07) is 2.69. The van der Waals surface area contributed by atoms with E-state index in [9.17, 15) is 17.6 Å². The SMILES string of the molecule is Cc1nc(Cn2cc(-c3ccc(F)c(C(F)(F)F)c3)nn2)n[nH]1. The molecule has 2 heterocycles. The Labute approximate surface area is 127 Å². The Morgan fingerprint density at radius 1 is 1.26 bits per heavy atom. The molecule has 0 radical (unpaired) electrons. The van der Waals surface area contributed by atoms with E-state index in [2.05, 4.69) is 25.5 Å². The van der Waals surface area contributed by atoms with Crippen LogP contribution in [0.3, 0.4) is 0 Å². The van der Waals surface area contributed by atoms with Crippen LogP contribution in [-0.4, -0.2) is 30.2 Å². The number of rotatable bonds is 3. The maximum Gasteiger partial charge on any atom is 0.419 e. The summed E-state index contributed by atoms with van der Waals surface area (Å²) in [6.45, 7) is 1.95. The van der Waals surface area contributed by atoms with Crippen LogP contribution in [0.2, 0.25) is 0 Å². The lowest BCUT2D eigenvalue weighted by molar-refractivity contribution is -0.139. The number of hydrogen-bond acceptors (Lipinski definition) is 4. The number of halogens is 4. The number of aromatic amines is 1. The second kappa shape index (κ2) is 5.45. The molecule has 0 spiro atoms. The Bertz CT molecular complexity index is 835. The van der Waals surface area contributed by atoms with Gasteiger partial charge < -0.3 is 0 Å². The van der Waals surface area contributed by atoms with Crippen LogP contribution in [0.1, 0.15) is 17.2 Å². The third-order valence-electron chi connectivity index (χ3n) is 3.05. The van der Waals surface area contributed by atoms with E-state index in [0.29, 0.717) is 17.7 Å². The number of hydrogen-bond donors (Lipinski definition) is 1. The minimum atomic E-state index is -4.77. The van der Waals surface area contributed by atoms with E-state index < -0.39 is 17.6 Å². The van der Waals surface area contributed by atoms with Crippen LogP contribution in [0.25, 0.3) is 11.3 Å². The number of benzene rings is 1. The molecule has 0 aliphatic heterocycles. The largest absolute Gasteiger partial charge is 0.419 e. The molecule has 0 aliphatic rings. The van der Waals surface area contributed by atoms with Crippen LogP contribution >= 0.6 is 0 Å². The molecule has 3 aromatic rings. The molecule has 1 N–H and O–H groups in total. The van der Waals surface area contributed by atoms with Crippen LogP contribution in [0.4, 0.5) is 17.6 Å². The molecule has 0 fully saturated rings. The van der Waals surface area contributed by atoms with Crippen molar-refractivity contribution in [3.05, 3.63) is 47.4 Å². The molecule has 1 aromatic carbocycles. The van der Waals surface area contributed by atoms with E-state index in [1.807, 2.05) is 0 Å². The second-order valence-electron chi connectivity index (χ2n) is 4.83. The molecule has 2 aromatic heterocycles. The first-order valence-corrected chi connectivity index (χ1v) is 6.48. The first-order valence-electron chi connectivity index (χ1n) is 6.48. The number of H-pyrrole nitrogens is 1. The summed E-state index contributed by atoms with van der Waals surface area (Å²) < 4.78 is 52.9. The third kappa shape index (κ3) is 3.20. The van der Waals surface area contributed by atoms with Gasteiger partial charge in [0.25, 0.3) is 0 Å². The smallest absolute Gasteiger partial charge is 0.263 e. The van der Waals surface area contributed by atoms with E-state index in [1.54, 1.807) is 6.92 Å². The minimum absolute atomic E-state index is 0.121. The molecule has 120 valence electrons. The Hall–Kier alpha value is -2.78. The van der Waals surface area contributed by atoms with Gasteiger partial charge >= 0.3 is 6.18 Å². The molecule has 0 amide bonds. The summed E-state index contributed by atoms with van der Waals surface area (Å²) in [5.74, 6) is -0.229. The zero-order chi connectivity index (χ0) is 16.6. The van der Waals surface area contributed by atoms with Gasteiger partial charge in [-0.15, -0.1) is 5.10 Å². The van der Waals surface area contributed by atoms with Gasteiger partial charge in [0.05, 0.1) is 11.8 Å². The van der Waals surface area contributed by atoms with Gasteiger partial charge in [-0.1, -0.05) is 5.21 Å². The molecule has 0 bridgehead atoms. The lowest BCUT2D eigenvalue weighted by Gasteiger charge is -2.08. The van der Waals surface area contributed by atoms with E-state index in [0.717, 1.165) is 6.07 Å². The fourth-order valence-electron chi connectivity index (χ4n) is 2.01. The normalized spacial score (nSPS) is 11.9. The molecule has 0 atom stereocenters. The summed E-state index contributed by atoms with van der Waals surface area (Å²) in [6.07, 6.45) is -3.33. The highest BCUT2D eigenvalue weighted by molar-refractivity contribution is 5.59. The predicted molar refractivity (Wildman–Crippen MR) is 70.6 cm³/mol. The lowest BCUT2D eigenvalue weighted by atomic mass is 10.1. The molecule has 0 aliphatic carbocycles. The summed E-state index contributed by atoms with van der Waals surface area (Å²) >= 11 is 0. The first-order chi connectivity index (χ1) is 10.8. The van der Waals surface area contributed by atoms with Crippen LogP contribution in [-0.2, 0) is 12.7 Å². The minimum Gasteiger partial charge on any atom is -0.263 e. The fraction of sp³-hybridized carbons (Fsp3) is 0.231. The highest BCUT2D eigenvalue weighted by atomic mass is 19.4. The maximum atomic E-state index is 13.3. The van der Waals surface area contributed by atoms with E-state index in [-0.39, 0.29) is 17.8 Å². The van der Waals surface area contributed by atoms with Gasteiger partial charge in [-0.25, -0.2) is 14.1 Å². The maximum absolute atomic E-state index is 13.3. The van der Waals surface area contributed by atoms with Gasteiger partial charge in [0.15, 0.2) is 5.82 Å². The Morgan fingerprint density at radius 2 is 2.04 bits per heavy atom. The molecule has 23 heavy (non-hydrogen) atoms. The molecule has 3 rings (SSSR count). The van der Waals surface area contributed by atoms with Crippen molar-refractivity contribution in [3.63, 3.8) is 0 Å². The van der Waals surface area contributed by atoms with Gasteiger partial charge in [-0.2, -0.15) is 18.3 Å². The summed E-state index contributed by atoms with van der Waals surface area (Å²) in [5.41, 5.74) is -1.02. The van der Waals surface area contributed by atoms with Crippen molar-refractivity contribution in [1.82, 2.24) is 30.2 Å². The zero-order valence-electron chi connectivity index (χ0n) is 11.8. The molecule has 6 nitrogen and oxygen atoms in total. The number of nitrogens with one attached hydrogen (secondary N) is 1. The Balaban J connectivity index is 1.88. The summed E-state index contributed by atoms with van der Waals surface area (Å²) in [7, 11) is 0. The topological polar surface area (TPSA) is 72.3 Å². The Morgan fingerprint density at radius 3 is 2.70 bits per heavy atom. The van der Waals surface area contributed by atoms with Gasteiger partial charge in [0.1, 0.15) is 23.9 Å². The number of aromatic nitrogens is 6. The number of alkyl halides is 3. The van der Waals surface area contributed by atoms with E-state index in [4.69, 9.17) is 0 Å². The third-order valence-corrected chi connectivity index (χ3v) is 3.05. The van der Waals surface area contributed by atoms with E-state index >= 15 is 0 Å². The van der Waals surface area contributed by atoms with Crippen molar-refractivity contribution >= 4 is 0 Å². The molecule has 0 saturated heterocycles. The van der Waals surface area contributed by atoms with Crippen LogP contribution in [0.15, 0.2) is 24.4 Å².